The van der Waals surface area contributed by atoms with Gasteiger partial charge in [0, 0.05) is 12.7 Å². The van der Waals surface area contributed by atoms with E-state index in [0.29, 0.717) is 12.3 Å². The second kappa shape index (κ2) is 7.86. The molecule has 24 heavy (non-hydrogen) atoms. The van der Waals surface area contributed by atoms with Crippen LogP contribution in [0.1, 0.15) is 12.5 Å². The van der Waals surface area contributed by atoms with Crippen LogP contribution >= 0.6 is 0 Å². The monoisotopic (exact) mass is 331 g/mol. The lowest BCUT2D eigenvalue weighted by atomic mass is 10.1. The highest BCUT2D eigenvalue weighted by Gasteiger charge is 2.16. The van der Waals surface area contributed by atoms with Gasteiger partial charge in [0.25, 0.3) is 0 Å². The van der Waals surface area contributed by atoms with E-state index < -0.39 is 4.92 Å². The summed E-state index contributed by atoms with van der Waals surface area (Å²) >= 11 is 0. The predicted octanol–water partition coefficient (Wildman–Crippen LogP) is 2.28. The van der Waals surface area contributed by atoms with Gasteiger partial charge in [0.15, 0.2) is 0 Å². The fourth-order valence-electron chi connectivity index (χ4n) is 1.97. The number of hydrogen-bond donors (Lipinski definition) is 2. The topological polar surface area (TPSA) is 119 Å². The molecule has 0 saturated carbocycles. The summed E-state index contributed by atoms with van der Waals surface area (Å²) in [5.74, 6) is 0.0649. The molecule has 0 amide bonds. The first-order valence-electron chi connectivity index (χ1n) is 7.24. The van der Waals surface area contributed by atoms with Crippen LogP contribution < -0.4 is 10.6 Å². The largest absolute Gasteiger partial charge is 0.466 e. The third-order valence-electron chi connectivity index (χ3n) is 3.07. The van der Waals surface area contributed by atoms with Crippen LogP contribution in [0, 0.1) is 10.1 Å². The van der Waals surface area contributed by atoms with Crippen LogP contribution in [-0.4, -0.2) is 34.5 Å². The lowest BCUT2D eigenvalue weighted by molar-refractivity contribution is -0.384. The van der Waals surface area contributed by atoms with E-state index >= 15 is 0 Å². The van der Waals surface area contributed by atoms with Crippen LogP contribution in [0.2, 0.25) is 0 Å². The van der Waals surface area contributed by atoms with Crippen LogP contribution in [0.25, 0.3) is 0 Å². The molecule has 126 valence electrons. The Morgan fingerprint density at radius 3 is 2.62 bits per heavy atom. The molecule has 0 aliphatic rings. The SMILES string of the molecule is CCOC(=O)Cc1ccc(Nc2ncc([N+](=O)[O-])c(NC)n2)cc1. The number of carbonyl (C=O) groups is 1. The number of rotatable bonds is 7. The van der Waals surface area contributed by atoms with E-state index in [-0.39, 0.29) is 29.8 Å². The number of aromatic nitrogens is 2. The maximum absolute atomic E-state index is 11.4. The number of benzene rings is 1. The van der Waals surface area contributed by atoms with Gasteiger partial charge in [-0.15, -0.1) is 0 Å². The summed E-state index contributed by atoms with van der Waals surface area (Å²) in [6, 6.07) is 7.09. The third-order valence-corrected chi connectivity index (χ3v) is 3.07. The summed E-state index contributed by atoms with van der Waals surface area (Å²) < 4.78 is 4.89. The van der Waals surface area contributed by atoms with Crippen LogP contribution in [0.4, 0.5) is 23.1 Å². The van der Waals surface area contributed by atoms with Crippen molar-refractivity contribution >= 4 is 29.1 Å². The van der Waals surface area contributed by atoms with Crippen molar-refractivity contribution < 1.29 is 14.5 Å². The van der Waals surface area contributed by atoms with Gasteiger partial charge in [-0.3, -0.25) is 14.9 Å². The zero-order chi connectivity index (χ0) is 17.5. The first-order valence-corrected chi connectivity index (χ1v) is 7.24. The second-order valence-electron chi connectivity index (χ2n) is 4.74. The Kier molecular flexibility index (Phi) is 5.61. The highest BCUT2D eigenvalue weighted by atomic mass is 16.6. The first-order chi connectivity index (χ1) is 11.5. The molecule has 0 aliphatic carbocycles. The Hall–Kier alpha value is -3.23. The number of anilines is 3. The molecule has 9 nitrogen and oxygen atoms in total. The van der Waals surface area contributed by atoms with Gasteiger partial charge in [0.05, 0.1) is 18.0 Å². The van der Waals surface area contributed by atoms with E-state index in [1.807, 2.05) is 0 Å². The molecule has 0 saturated heterocycles. The number of hydrogen-bond acceptors (Lipinski definition) is 8. The smallest absolute Gasteiger partial charge is 0.329 e. The minimum Gasteiger partial charge on any atom is -0.466 e. The van der Waals surface area contributed by atoms with E-state index in [1.165, 1.54) is 0 Å². The first kappa shape index (κ1) is 17.1. The maximum atomic E-state index is 11.4. The zero-order valence-electron chi connectivity index (χ0n) is 13.3. The van der Waals surface area contributed by atoms with Crippen molar-refractivity contribution in [1.82, 2.24) is 9.97 Å². The van der Waals surface area contributed by atoms with Gasteiger partial charge < -0.3 is 15.4 Å². The summed E-state index contributed by atoms with van der Waals surface area (Å²) in [6.07, 6.45) is 1.34. The van der Waals surface area contributed by atoms with Crippen LogP contribution in [-0.2, 0) is 16.0 Å². The quantitative estimate of drug-likeness (QED) is 0.450. The number of ether oxygens (including phenoxy) is 1. The average molecular weight is 331 g/mol. The predicted molar refractivity (Wildman–Crippen MR) is 88.3 cm³/mol. The molecule has 2 aromatic rings. The lowest BCUT2D eigenvalue weighted by Gasteiger charge is -2.08. The van der Waals surface area contributed by atoms with Crippen molar-refractivity contribution in [3.8, 4) is 0 Å². The van der Waals surface area contributed by atoms with Crippen molar-refractivity contribution in [1.29, 1.82) is 0 Å². The molecule has 0 aliphatic heterocycles. The minimum atomic E-state index is -0.556. The van der Waals surface area contributed by atoms with Crippen molar-refractivity contribution in [2.75, 3.05) is 24.3 Å². The van der Waals surface area contributed by atoms with E-state index in [0.717, 1.165) is 11.8 Å². The molecule has 2 N–H and O–H groups in total. The van der Waals surface area contributed by atoms with Crippen LogP contribution in [0.3, 0.4) is 0 Å². The molecular weight excluding hydrogens is 314 g/mol. The summed E-state index contributed by atoms with van der Waals surface area (Å²) in [6.45, 7) is 2.11. The van der Waals surface area contributed by atoms with Crippen molar-refractivity contribution in [3.63, 3.8) is 0 Å². The van der Waals surface area contributed by atoms with Gasteiger partial charge in [-0.1, -0.05) is 12.1 Å². The molecule has 1 aromatic heterocycles. The standard InChI is InChI=1S/C15H17N5O4/c1-3-24-13(21)8-10-4-6-11(7-5-10)18-15-17-9-12(20(22)23)14(16-2)19-15/h4-7,9H,3,8H2,1-2H3,(H2,16,17,18,19). The molecule has 9 heteroatoms. The van der Waals surface area contributed by atoms with Crippen molar-refractivity contribution in [2.45, 2.75) is 13.3 Å². The number of esters is 1. The van der Waals surface area contributed by atoms with Gasteiger partial charge in [0.2, 0.25) is 11.8 Å². The zero-order valence-corrected chi connectivity index (χ0v) is 13.3. The Labute approximate surface area is 138 Å². The summed E-state index contributed by atoms with van der Waals surface area (Å²) in [4.78, 5) is 29.7. The Balaban J connectivity index is 2.08. The fourth-order valence-corrected chi connectivity index (χ4v) is 1.97. The molecule has 2 rings (SSSR count). The van der Waals surface area contributed by atoms with Gasteiger partial charge in [-0.25, -0.2) is 4.98 Å². The summed E-state index contributed by atoms with van der Waals surface area (Å²) in [5.41, 5.74) is 1.31. The van der Waals surface area contributed by atoms with E-state index in [9.17, 15) is 14.9 Å². The fraction of sp³-hybridized carbons (Fsp3) is 0.267. The third kappa shape index (κ3) is 4.38. The summed E-state index contributed by atoms with van der Waals surface area (Å²) in [7, 11) is 1.54. The van der Waals surface area contributed by atoms with Crippen molar-refractivity contribution in [3.05, 3.63) is 46.1 Å². The molecule has 0 bridgehead atoms. The van der Waals surface area contributed by atoms with Crippen LogP contribution in [0.5, 0.6) is 0 Å². The van der Waals surface area contributed by atoms with Crippen LogP contribution in [0.15, 0.2) is 30.5 Å². The minimum absolute atomic E-state index is 0.122. The number of carbonyl (C=O) groups excluding carboxylic acids is 1. The Morgan fingerprint density at radius 1 is 1.33 bits per heavy atom. The molecule has 0 radical (unpaired) electrons. The molecular formula is C15H17N5O4. The number of nitro groups is 1. The van der Waals surface area contributed by atoms with Gasteiger partial charge in [-0.2, -0.15) is 4.98 Å². The van der Waals surface area contributed by atoms with Gasteiger partial charge in [-0.05, 0) is 24.6 Å². The number of nitrogens with one attached hydrogen (secondary N) is 2. The molecule has 0 spiro atoms. The van der Waals surface area contributed by atoms with E-state index in [2.05, 4.69) is 20.6 Å². The normalized spacial score (nSPS) is 10.1. The highest BCUT2D eigenvalue weighted by Crippen LogP contribution is 2.23. The summed E-state index contributed by atoms with van der Waals surface area (Å²) in [5, 5.41) is 16.5. The average Bonchev–Trinajstić information content (AvgIpc) is 2.56. The molecule has 0 fully saturated rings. The molecule has 1 heterocycles. The van der Waals surface area contributed by atoms with E-state index in [4.69, 9.17) is 4.74 Å². The molecule has 0 atom stereocenters. The lowest BCUT2D eigenvalue weighted by Crippen LogP contribution is -2.07. The second-order valence-corrected chi connectivity index (χ2v) is 4.74. The molecule has 1 aromatic carbocycles. The van der Waals surface area contributed by atoms with E-state index in [1.54, 1.807) is 38.2 Å². The van der Waals surface area contributed by atoms with Crippen molar-refractivity contribution in [2.24, 2.45) is 0 Å². The Bertz CT molecular complexity index is 733. The highest BCUT2D eigenvalue weighted by molar-refractivity contribution is 5.73. The van der Waals surface area contributed by atoms with Gasteiger partial charge >= 0.3 is 11.7 Å². The number of nitrogens with zero attached hydrogens (tertiary/aromatic N) is 3. The Morgan fingerprint density at radius 2 is 2.04 bits per heavy atom. The van der Waals surface area contributed by atoms with Gasteiger partial charge in [0.1, 0.15) is 6.20 Å². The maximum Gasteiger partial charge on any atom is 0.329 e. The molecule has 0 unspecified atom stereocenters.